The molecule has 2 aromatic heterocycles. The van der Waals surface area contributed by atoms with Crippen LogP contribution < -0.4 is 19.4 Å². The maximum absolute atomic E-state index is 13.6. The monoisotopic (exact) mass is 509 g/mol. The summed E-state index contributed by atoms with van der Waals surface area (Å²) in [6.45, 7) is 6.19. The highest BCUT2D eigenvalue weighted by Crippen LogP contribution is 2.29. The normalized spacial score (nSPS) is 16.1. The Morgan fingerprint density at radius 1 is 0.711 bits per heavy atom. The average Bonchev–Trinajstić information content (AvgIpc) is 3.01. The molecule has 1 amide bonds. The van der Waals surface area contributed by atoms with Gasteiger partial charge in [0, 0.05) is 82.0 Å². The van der Waals surface area contributed by atoms with Crippen molar-refractivity contribution in [1.29, 1.82) is 0 Å². The molecule has 0 saturated carbocycles. The molecular formula is C29H31N7O2. The first kappa shape index (κ1) is 24.0. The van der Waals surface area contributed by atoms with Crippen molar-refractivity contribution in [2.75, 3.05) is 74.2 Å². The van der Waals surface area contributed by atoms with Crippen LogP contribution in [0, 0.1) is 0 Å². The molecule has 0 N–H and O–H groups in total. The fraction of sp³-hybridized carbons (Fsp3) is 0.310. The van der Waals surface area contributed by atoms with Crippen LogP contribution in [0.1, 0.15) is 10.4 Å². The van der Waals surface area contributed by atoms with Crippen LogP contribution in [0.15, 0.2) is 73.2 Å². The van der Waals surface area contributed by atoms with Gasteiger partial charge < -0.3 is 24.3 Å². The molecule has 4 heterocycles. The highest BCUT2D eigenvalue weighted by molar-refractivity contribution is 6.09. The van der Waals surface area contributed by atoms with Crippen LogP contribution in [0.5, 0.6) is 5.75 Å². The summed E-state index contributed by atoms with van der Waals surface area (Å²) in [4.78, 5) is 36.0. The second-order valence-corrected chi connectivity index (χ2v) is 9.54. The summed E-state index contributed by atoms with van der Waals surface area (Å²) in [6.07, 6.45) is 5.32. The maximum atomic E-state index is 13.6. The summed E-state index contributed by atoms with van der Waals surface area (Å²) in [5, 5.41) is 1.97. The molecule has 2 aliphatic rings. The number of carbonyl (C=O) groups is 1. The van der Waals surface area contributed by atoms with E-state index in [0.717, 1.165) is 73.2 Å². The van der Waals surface area contributed by atoms with E-state index in [1.807, 2.05) is 41.3 Å². The van der Waals surface area contributed by atoms with E-state index in [2.05, 4.69) is 42.9 Å². The Kier molecular flexibility index (Phi) is 6.64. The highest BCUT2D eigenvalue weighted by atomic mass is 16.5. The topological polar surface area (TPSA) is 77.9 Å². The smallest absolute Gasteiger partial charge is 0.256 e. The molecule has 2 aromatic carbocycles. The zero-order chi connectivity index (χ0) is 25.9. The molecule has 0 bridgehead atoms. The fourth-order valence-corrected chi connectivity index (χ4v) is 5.30. The van der Waals surface area contributed by atoms with E-state index in [1.165, 1.54) is 0 Å². The number of aromatic nitrogens is 3. The number of pyridine rings is 1. The second-order valence-electron chi connectivity index (χ2n) is 9.54. The van der Waals surface area contributed by atoms with Gasteiger partial charge in [-0.15, -0.1) is 0 Å². The third-order valence-corrected chi connectivity index (χ3v) is 7.42. The number of nitrogens with zero attached hydrogens (tertiary/aromatic N) is 7. The van der Waals surface area contributed by atoms with Gasteiger partial charge in [-0.1, -0.05) is 24.3 Å². The van der Waals surface area contributed by atoms with E-state index >= 15 is 0 Å². The number of benzene rings is 2. The number of amides is 1. The number of hydrogen-bond donors (Lipinski definition) is 0. The molecule has 6 rings (SSSR count). The van der Waals surface area contributed by atoms with E-state index < -0.39 is 0 Å². The first-order chi connectivity index (χ1) is 18.7. The lowest BCUT2D eigenvalue weighted by molar-refractivity contribution is 0.0748. The molecule has 0 aliphatic carbocycles. The Balaban J connectivity index is 1.16. The highest BCUT2D eigenvalue weighted by Gasteiger charge is 2.26. The summed E-state index contributed by atoms with van der Waals surface area (Å²) in [5.41, 5.74) is 1.81. The van der Waals surface area contributed by atoms with E-state index in [9.17, 15) is 4.79 Å². The van der Waals surface area contributed by atoms with Crippen molar-refractivity contribution in [2.24, 2.45) is 0 Å². The minimum atomic E-state index is 0.0423. The van der Waals surface area contributed by atoms with Crippen molar-refractivity contribution in [2.45, 2.75) is 0 Å². The molecule has 0 spiro atoms. The summed E-state index contributed by atoms with van der Waals surface area (Å²) < 4.78 is 5.27. The van der Waals surface area contributed by atoms with Crippen LogP contribution in [0.25, 0.3) is 10.8 Å². The molecule has 2 fully saturated rings. The first-order valence-corrected chi connectivity index (χ1v) is 13.0. The van der Waals surface area contributed by atoms with Crippen molar-refractivity contribution < 1.29 is 9.53 Å². The Morgan fingerprint density at radius 3 is 2.03 bits per heavy atom. The molecule has 194 valence electrons. The van der Waals surface area contributed by atoms with Gasteiger partial charge in [0.15, 0.2) is 0 Å². The van der Waals surface area contributed by atoms with Crippen LogP contribution in [0.3, 0.4) is 0 Å². The van der Waals surface area contributed by atoms with Gasteiger partial charge in [0.2, 0.25) is 5.95 Å². The lowest BCUT2D eigenvalue weighted by Gasteiger charge is -2.37. The van der Waals surface area contributed by atoms with Crippen LogP contribution in [0.2, 0.25) is 0 Å². The molecule has 0 atom stereocenters. The molecule has 4 aromatic rings. The van der Waals surface area contributed by atoms with Crippen LogP contribution in [-0.2, 0) is 0 Å². The summed E-state index contributed by atoms with van der Waals surface area (Å²) in [5.74, 6) is 2.58. The standard InChI is InChI=1S/C29H31N7O2/c1-38-23-9-7-22(8-10-23)33-13-17-35(18-14-33)28(37)26-21-32-27(25-6-3-2-5-24(25)26)34-15-19-36(20-16-34)29-30-11-4-12-31-29/h2-12,21H,13-20H2,1H3. The van der Waals surface area contributed by atoms with Gasteiger partial charge in [-0.25, -0.2) is 15.0 Å². The molecule has 9 heteroatoms. The zero-order valence-electron chi connectivity index (χ0n) is 21.5. The molecule has 38 heavy (non-hydrogen) atoms. The Labute approximate surface area is 222 Å². The van der Waals surface area contributed by atoms with Gasteiger partial charge in [0.05, 0.1) is 12.7 Å². The first-order valence-electron chi connectivity index (χ1n) is 13.0. The van der Waals surface area contributed by atoms with Crippen LogP contribution in [-0.4, -0.2) is 85.2 Å². The van der Waals surface area contributed by atoms with Crippen LogP contribution >= 0.6 is 0 Å². The number of ether oxygens (including phenoxy) is 1. The lowest BCUT2D eigenvalue weighted by atomic mass is 10.0. The molecular weight excluding hydrogens is 478 g/mol. The quantitative estimate of drug-likeness (QED) is 0.406. The van der Waals surface area contributed by atoms with Gasteiger partial charge in [-0.05, 0) is 35.7 Å². The van der Waals surface area contributed by atoms with Crippen LogP contribution in [0.4, 0.5) is 17.5 Å². The Bertz CT molecular complexity index is 1400. The summed E-state index contributed by atoms with van der Waals surface area (Å²) >= 11 is 0. The number of carbonyl (C=O) groups excluding carboxylic acids is 1. The number of anilines is 3. The number of piperazine rings is 2. The molecule has 2 aliphatic heterocycles. The number of hydrogen-bond acceptors (Lipinski definition) is 8. The fourth-order valence-electron chi connectivity index (χ4n) is 5.30. The largest absolute Gasteiger partial charge is 0.497 e. The third-order valence-electron chi connectivity index (χ3n) is 7.42. The maximum Gasteiger partial charge on any atom is 0.256 e. The van der Waals surface area contributed by atoms with Gasteiger partial charge in [-0.3, -0.25) is 4.79 Å². The van der Waals surface area contributed by atoms with Gasteiger partial charge in [0.25, 0.3) is 5.91 Å². The Morgan fingerprint density at radius 2 is 1.34 bits per heavy atom. The lowest BCUT2D eigenvalue weighted by Crippen LogP contribution is -2.49. The number of fused-ring (bicyclic) bond motifs is 1. The third kappa shape index (κ3) is 4.67. The molecule has 9 nitrogen and oxygen atoms in total. The Hall–Kier alpha value is -4.40. The van der Waals surface area contributed by atoms with Gasteiger partial charge >= 0.3 is 0 Å². The SMILES string of the molecule is COc1ccc(N2CCN(C(=O)c3cnc(N4CCN(c5ncccn5)CC4)c4ccccc34)CC2)cc1. The predicted molar refractivity (Wildman–Crippen MR) is 149 cm³/mol. The molecule has 0 unspecified atom stereocenters. The zero-order valence-corrected chi connectivity index (χ0v) is 21.5. The second kappa shape index (κ2) is 10.5. The number of rotatable bonds is 5. The van der Waals surface area contributed by atoms with Gasteiger partial charge in [-0.2, -0.15) is 0 Å². The van der Waals surface area contributed by atoms with E-state index in [-0.39, 0.29) is 5.91 Å². The minimum absolute atomic E-state index is 0.0423. The minimum Gasteiger partial charge on any atom is -0.497 e. The molecule has 0 radical (unpaired) electrons. The van der Waals surface area contributed by atoms with Crippen molar-refractivity contribution in [3.05, 3.63) is 78.8 Å². The van der Waals surface area contributed by atoms with Crippen molar-refractivity contribution in [3.8, 4) is 5.75 Å². The summed E-state index contributed by atoms with van der Waals surface area (Å²) in [7, 11) is 1.67. The van der Waals surface area contributed by atoms with E-state index in [0.29, 0.717) is 18.7 Å². The summed E-state index contributed by atoms with van der Waals surface area (Å²) in [6, 6.07) is 18.0. The molecule has 2 saturated heterocycles. The van der Waals surface area contributed by atoms with Crippen molar-refractivity contribution in [3.63, 3.8) is 0 Å². The van der Waals surface area contributed by atoms with Gasteiger partial charge in [0.1, 0.15) is 11.6 Å². The average molecular weight is 510 g/mol. The van der Waals surface area contributed by atoms with E-state index in [1.54, 1.807) is 25.7 Å². The number of methoxy groups -OCH3 is 1. The van der Waals surface area contributed by atoms with E-state index in [4.69, 9.17) is 9.72 Å². The van der Waals surface area contributed by atoms with Crippen molar-refractivity contribution >= 4 is 34.1 Å². The predicted octanol–water partition coefficient (Wildman–Crippen LogP) is 3.32. The van der Waals surface area contributed by atoms with Crippen molar-refractivity contribution in [1.82, 2.24) is 19.9 Å².